The predicted molar refractivity (Wildman–Crippen MR) is 103 cm³/mol. The van der Waals surface area contributed by atoms with Crippen LogP contribution >= 0.6 is 0 Å². The summed E-state index contributed by atoms with van der Waals surface area (Å²) in [7, 11) is 1.64. The third kappa shape index (κ3) is 3.37. The lowest BCUT2D eigenvalue weighted by Crippen LogP contribution is -2.03. The molecule has 0 aliphatic carbocycles. The van der Waals surface area contributed by atoms with E-state index in [9.17, 15) is 5.11 Å². The molecule has 0 saturated heterocycles. The third-order valence-electron chi connectivity index (χ3n) is 4.49. The van der Waals surface area contributed by atoms with Crippen molar-refractivity contribution in [3.63, 3.8) is 0 Å². The molecular formula is C22H20N2O3. The molecule has 2 heterocycles. The first-order valence-electron chi connectivity index (χ1n) is 8.68. The van der Waals surface area contributed by atoms with E-state index >= 15 is 0 Å². The van der Waals surface area contributed by atoms with E-state index in [0.717, 1.165) is 22.7 Å². The number of rotatable bonds is 5. The highest BCUT2D eigenvalue weighted by atomic mass is 16.5. The molecule has 0 bridgehead atoms. The number of furan rings is 1. The van der Waals surface area contributed by atoms with Crippen molar-refractivity contribution in [2.24, 2.45) is 0 Å². The van der Waals surface area contributed by atoms with Gasteiger partial charge in [0.2, 0.25) is 0 Å². The number of aryl methyl sites for hydroxylation is 1. The molecule has 0 aliphatic heterocycles. The second-order valence-electron chi connectivity index (χ2n) is 6.35. The smallest absolute Gasteiger partial charge is 0.155 e. The maximum Gasteiger partial charge on any atom is 0.155 e. The Kier molecular flexibility index (Phi) is 4.52. The first kappa shape index (κ1) is 17.1. The van der Waals surface area contributed by atoms with Gasteiger partial charge in [-0.15, -0.1) is 0 Å². The summed E-state index contributed by atoms with van der Waals surface area (Å²) in [5.41, 5.74) is 4.49. The van der Waals surface area contributed by atoms with E-state index in [1.807, 2.05) is 35.0 Å². The number of aromatic nitrogens is 2. The summed E-state index contributed by atoms with van der Waals surface area (Å²) >= 11 is 0. The molecule has 0 radical (unpaired) electrons. The molecule has 0 amide bonds. The topological polar surface area (TPSA) is 60.4 Å². The molecule has 136 valence electrons. The highest BCUT2D eigenvalue weighted by molar-refractivity contribution is 5.63. The van der Waals surface area contributed by atoms with Crippen LogP contribution in [-0.4, -0.2) is 22.0 Å². The zero-order chi connectivity index (χ0) is 18.8. The zero-order valence-electron chi connectivity index (χ0n) is 15.2. The van der Waals surface area contributed by atoms with Gasteiger partial charge in [-0.2, -0.15) is 5.10 Å². The summed E-state index contributed by atoms with van der Waals surface area (Å²) in [6.07, 6.45) is 0.614. The summed E-state index contributed by atoms with van der Waals surface area (Å²) in [4.78, 5) is 0. The van der Waals surface area contributed by atoms with E-state index in [1.165, 1.54) is 5.56 Å². The number of benzene rings is 2. The predicted octanol–water partition coefficient (Wildman–Crippen LogP) is 4.53. The second kappa shape index (κ2) is 7.13. The van der Waals surface area contributed by atoms with Crippen molar-refractivity contribution in [2.75, 3.05) is 7.11 Å². The lowest BCUT2D eigenvalue weighted by molar-refractivity contribution is 0.184. The van der Waals surface area contributed by atoms with Crippen LogP contribution in [0.15, 0.2) is 77.4 Å². The first-order valence-corrected chi connectivity index (χ1v) is 8.68. The maximum absolute atomic E-state index is 10.6. The van der Waals surface area contributed by atoms with Crippen LogP contribution in [-0.2, 0) is 0 Å². The Morgan fingerprint density at radius 2 is 1.78 bits per heavy atom. The molecule has 0 spiro atoms. The molecule has 1 atom stereocenters. The highest BCUT2D eigenvalue weighted by Crippen LogP contribution is 2.30. The van der Waals surface area contributed by atoms with Crippen molar-refractivity contribution < 1.29 is 14.3 Å². The third-order valence-corrected chi connectivity index (χ3v) is 4.49. The lowest BCUT2D eigenvalue weighted by Gasteiger charge is -2.09. The number of aliphatic hydroxyl groups excluding tert-OH is 1. The largest absolute Gasteiger partial charge is 0.497 e. The van der Waals surface area contributed by atoms with Crippen LogP contribution in [0.1, 0.15) is 23.1 Å². The summed E-state index contributed by atoms with van der Waals surface area (Å²) < 4.78 is 12.4. The maximum atomic E-state index is 10.6. The molecule has 0 fully saturated rings. The molecule has 4 aromatic rings. The minimum Gasteiger partial charge on any atom is -0.497 e. The number of nitrogens with zero attached hydrogens (tertiary/aromatic N) is 2. The van der Waals surface area contributed by atoms with E-state index in [0.29, 0.717) is 11.5 Å². The van der Waals surface area contributed by atoms with Gasteiger partial charge in [0.15, 0.2) is 6.10 Å². The first-order chi connectivity index (χ1) is 13.2. The summed E-state index contributed by atoms with van der Waals surface area (Å²) in [6.45, 7) is 2.05. The number of methoxy groups -OCH3 is 1. The molecule has 2 aromatic carbocycles. The van der Waals surface area contributed by atoms with E-state index in [-0.39, 0.29) is 0 Å². The molecule has 4 rings (SSSR count). The van der Waals surface area contributed by atoms with Gasteiger partial charge in [-0.3, -0.25) is 0 Å². The summed E-state index contributed by atoms with van der Waals surface area (Å²) in [5.74, 6) is 1.24. The van der Waals surface area contributed by atoms with Crippen molar-refractivity contribution in [1.29, 1.82) is 0 Å². The van der Waals surface area contributed by atoms with Gasteiger partial charge < -0.3 is 14.3 Å². The Bertz CT molecular complexity index is 1020. The number of hydrogen-bond acceptors (Lipinski definition) is 4. The van der Waals surface area contributed by atoms with Gasteiger partial charge in [0.1, 0.15) is 11.5 Å². The van der Waals surface area contributed by atoms with Crippen molar-refractivity contribution in [3.8, 4) is 22.7 Å². The van der Waals surface area contributed by atoms with Crippen molar-refractivity contribution >= 4 is 0 Å². The minimum absolute atomic E-state index is 0.463. The molecule has 5 heteroatoms. The van der Waals surface area contributed by atoms with Crippen molar-refractivity contribution in [1.82, 2.24) is 9.78 Å². The van der Waals surface area contributed by atoms with Gasteiger partial charge in [-0.05, 0) is 49.4 Å². The molecule has 5 nitrogen and oxygen atoms in total. The van der Waals surface area contributed by atoms with Crippen LogP contribution in [0.3, 0.4) is 0 Å². The van der Waals surface area contributed by atoms with Gasteiger partial charge in [-0.1, -0.05) is 29.8 Å². The number of ether oxygens (including phenoxy) is 1. The Labute approximate surface area is 157 Å². The average molecular weight is 360 g/mol. The zero-order valence-corrected chi connectivity index (χ0v) is 15.2. The van der Waals surface area contributed by atoms with Crippen molar-refractivity contribution in [3.05, 3.63) is 90.0 Å². The van der Waals surface area contributed by atoms with Gasteiger partial charge in [0.25, 0.3) is 0 Å². The molecule has 0 aliphatic rings. The normalized spacial score (nSPS) is 12.1. The monoisotopic (exact) mass is 360 g/mol. The van der Waals surface area contributed by atoms with Gasteiger partial charge in [0, 0.05) is 5.56 Å². The van der Waals surface area contributed by atoms with Crippen LogP contribution in [0.25, 0.3) is 16.9 Å². The molecule has 2 aromatic heterocycles. The van der Waals surface area contributed by atoms with Crippen LogP contribution in [0.4, 0.5) is 0 Å². The van der Waals surface area contributed by atoms with Crippen molar-refractivity contribution in [2.45, 2.75) is 13.0 Å². The average Bonchev–Trinajstić information content (AvgIpc) is 3.38. The molecule has 1 N–H and O–H groups in total. The summed E-state index contributed by atoms with van der Waals surface area (Å²) in [6, 6.07) is 21.2. The fourth-order valence-corrected chi connectivity index (χ4v) is 2.98. The minimum atomic E-state index is -0.927. The van der Waals surface area contributed by atoms with E-state index in [4.69, 9.17) is 9.15 Å². The van der Waals surface area contributed by atoms with E-state index in [2.05, 4.69) is 36.3 Å². The molecular weight excluding hydrogens is 340 g/mol. The van der Waals surface area contributed by atoms with Crippen LogP contribution in [0, 0.1) is 6.92 Å². The Morgan fingerprint density at radius 3 is 2.41 bits per heavy atom. The van der Waals surface area contributed by atoms with Gasteiger partial charge >= 0.3 is 0 Å². The molecule has 1 unspecified atom stereocenters. The van der Waals surface area contributed by atoms with Crippen LogP contribution < -0.4 is 4.74 Å². The Morgan fingerprint density at radius 1 is 1.04 bits per heavy atom. The second-order valence-corrected chi connectivity index (χ2v) is 6.35. The molecule has 0 saturated carbocycles. The molecule has 27 heavy (non-hydrogen) atoms. The number of hydrogen-bond donors (Lipinski definition) is 1. The van der Waals surface area contributed by atoms with Crippen LogP contribution in [0.2, 0.25) is 0 Å². The van der Waals surface area contributed by atoms with Gasteiger partial charge in [0.05, 0.1) is 30.4 Å². The summed E-state index contributed by atoms with van der Waals surface area (Å²) in [5, 5.41) is 15.3. The highest BCUT2D eigenvalue weighted by Gasteiger charge is 2.20. The SMILES string of the molecule is COc1ccc(-n2nc(C(O)c3ccco3)cc2-c2ccc(C)cc2)cc1. The van der Waals surface area contributed by atoms with Gasteiger partial charge in [-0.25, -0.2) is 4.68 Å². The number of aliphatic hydroxyl groups is 1. The quantitative estimate of drug-likeness (QED) is 0.568. The van der Waals surface area contributed by atoms with E-state index in [1.54, 1.807) is 25.5 Å². The fraction of sp³-hybridized carbons (Fsp3) is 0.136. The standard InChI is InChI=1S/C22H20N2O3/c1-15-5-7-16(8-6-15)20-14-19(22(25)21-4-3-13-27-21)23-24(20)17-9-11-18(26-2)12-10-17/h3-14,22,25H,1-2H3. The van der Waals surface area contributed by atoms with E-state index < -0.39 is 6.10 Å². The Hall–Kier alpha value is -3.31. The lowest BCUT2D eigenvalue weighted by atomic mass is 10.1. The Balaban J connectivity index is 1.82. The van der Waals surface area contributed by atoms with Crippen LogP contribution in [0.5, 0.6) is 5.75 Å². The fourth-order valence-electron chi connectivity index (χ4n) is 2.98.